The van der Waals surface area contributed by atoms with Crippen LogP contribution in [0.1, 0.15) is 60.8 Å². The van der Waals surface area contributed by atoms with E-state index in [1.165, 1.54) is 49.4 Å². The van der Waals surface area contributed by atoms with Crippen LogP contribution in [0.25, 0.3) is 11.3 Å². The summed E-state index contributed by atoms with van der Waals surface area (Å²) in [5, 5.41) is 11.1. The minimum atomic E-state index is -0.375. The van der Waals surface area contributed by atoms with Crippen LogP contribution in [0, 0.1) is 10.1 Å². The van der Waals surface area contributed by atoms with Gasteiger partial charge in [0.15, 0.2) is 0 Å². The van der Waals surface area contributed by atoms with Crippen molar-refractivity contribution in [3.63, 3.8) is 0 Å². The van der Waals surface area contributed by atoms with E-state index in [0.29, 0.717) is 5.92 Å². The summed E-state index contributed by atoms with van der Waals surface area (Å²) in [6, 6.07) is 12.5. The lowest BCUT2D eigenvalue weighted by Crippen LogP contribution is -2.31. The predicted molar refractivity (Wildman–Crippen MR) is 122 cm³/mol. The van der Waals surface area contributed by atoms with Gasteiger partial charge in [-0.3, -0.25) is 20.0 Å². The molecule has 0 saturated heterocycles. The zero-order chi connectivity index (χ0) is 21.9. The van der Waals surface area contributed by atoms with Crippen LogP contribution < -0.4 is 0 Å². The Balaban J connectivity index is 1.28. The zero-order valence-corrected chi connectivity index (χ0v) is 18.1. The molecular formula is C25H27N5O2. The Labute approximate surface area is 187 Å². The number of hydrogen-bond acceptors (Lipinski definition) is 6. The van der Waals surface area contributed by atoms with Crippen LogP contribution in [-0.2, 0) is 19.5 Å². The average Bonchev–Trinajstić information content (AvgIpc) is 2.84. The van der Waals surface area contributed by atoms with E-state index in [9.17, 15) is 10.1 Å². The summed E-state index contributed by atoms with van der Waals surface area (Å²) in [7, 11) is 0. The van der Waals surface area contributed by atoms with Crippen molar-refractivity contribution in [2.75, 3.05) is 6.54 Å². The van der Waals surface area contributed by atoms with E-state index in [1.54, 1.807) is 12.1 Å². The second kappa shape index (κ2) is 9.12. The van der Waals surface area contributed by atoms with Crippen molar-refractivity contribution >= 4 is 5.69 Å². The molecule has 7 nitrogen and oxygen atoms in total. The second-order valence-corrected chi connectivity index (χ2v) is 8.82. The summed E-state index contributed by atoms with van der Waals surface area (Å²) in [6.07, 6.45) is 9.33. The highest BCUT2D eigenvalue weighted by atomic mass is 16.6. The standard InChI is InChI=1S/C25H27N5O2/c31-30(32)22-10-4-8-19(14-22)23-11-5-9-21(27-23)17-29-13-12-24-20(16-29)15-26-25(28-24)18-6-2-1-3-7-18/h4-5,8-11,14-15,18H,1-3,6-7,12-13,16-17H2. The van der Waals surface area contributed by atoms with Gasteiger partial charge in [-0.05, 0) is 25.0 Å². The van der Waals surface area contributed by atoms with E-state index < -0.39 is 0 Å². The molecule has 0 spiro atoms. The summed E-state index contributed by atoms with van der Waals surface area (Å²) >= 11 is 0. The van der Waals surface area contributed by atoms with E-state index in [-0.39, 0.29) is 10.6 Å². The Morgan fingerprint density at radius 2 is 1.91 bits per heavy atom. The van der Waals surface area contributed by atoms with Crippen molar-refractivity contribution < 1.29 is 4.92 Å². The molecule has 1 fully saturated rings. The fourth-order valence-corrected chi connectivity index (χ4v) is 4.82. The van der Waals surface area contributed by atoms with Gasteiger partial charge in [0, 0.05) is 67.1 Å². The molecule has 3 aromatic rings. The van der Waals surface area contributed by atoms with Gasteiger partial charge in [-0.2, -0.15) is 0 Å². The first-order chi connectivity index (χ1) is 15.7. The monoisotopic (exact) mass is 429 g/mol. The number of non-ortho nitro benzene ring substituents is 1. The van der Waals surface area contributed by atoms with Gasteiger partial charge in [-0.15, -0.1) is 0 Å². The molecule has 164 valence electrons. The molecule has 1 aliphatic heterocycles. The predicted octanol–water partition coefficient (Wildman–Crippen LogP) is 5.05. The number of benzene rings is 1. The van der Waals surface area contributed by atoms with Crippen LogP contribution in [0.3, 0.4) is 0 Å². The van der Waals surface area contributed by atoms with Crippen LogP contribution in [0.5, 0.6) is 0 Å². The number of aromatic nitrogens is 3. The molecule has 0 amide bonds. The van der Waals surface area contributed by atoms with E-state index in [0.717, 1.165) is 48.8 Å². The molecule has 0 unspecified atom stereocenters. The third-order valence-electron chi connectivity index (χ3n) is 6.55. The Morgan fingerprint density at radius 3 is 2.75 bits per heavy atom. The van der Waals surface area contributed by atoms with Crippen molar-refractivity contribution in [1.29, 1.82) is 0 Å². The minimum absolute atomic E-state index is 0.0786. The number of hydrogen-bond donors (Lipinski definition) is 0. The molecule has 0 N–H and O–H groups in total. The van der Waals surface area contributed by atoms with Gasteiger partial charge in [-0.1, -0.05) is 37.5 Å². The largest absolute Gasteiger partial charge is 0.293 e. The van der Waals surface area contributed by atoms with Crippen LogP contribution in [0.15, 0.2) is 48.7 Å². The Hall–Kier alpha value is -3.19. The summed E-state index contributed by atoms with van der Waals surface area (Å²) in [4.78, 5) is 27.5. The zero-order valence-electron chi connectivity index (χ0n) is 18.1. The number of pyridine rings is 1. The molecule has 2 aromatic heterocycles. The van der Waals surface area contributed by atoms with Crippen molar-refractivity contribution in [2.45, 2.75) is 57.5 Å². The Bertz CT molecular complexity index is 1130. The van der Waals surface area contributed by atoms with E-state index >= 15 is 0 Å². The molecule has 3 heterocycles. The van der Waals surface area contributed by atoms with Crippen LogP contribution in [0.2, 0.25) is 0 Å². The molecule has 7 heteroatoms. The first-order valence-corrected chi connectivity index (χ1v) is 11.4. The third kappa shape index (κ3) is 4.53. The Morgan fingerprint density at radius 1 is 1.06 bits per heavy atom. The molecule has 0 atom stereocenters. The minimum Gasteiger partial charge on any atom is -0.293 e. The van der Waals surface area contributed by atoms with Crippen molar-refractivity contribution in [2.24, 2.45) is 0 Å². The van der Waals surface area contributed by atoms with E-state index in [2.05, 4.69) is 4.90 Å². The molecule has 0 bridgehead atoms. The number of rotatable bonds is 5. The van der Waals surface area contributed by atoms with Gasteiger partial charge in [0.05, 0.1) is 16.3 Å². The van der Waals surface area contributed by atoms with Crippen molar-refractivity contribution in [3.05, 3.63) is 81.6 Å². The van der Waals surface area contributed by atoms with Gasteiger partial charge >= 0.3 is 0 Å². The normalized spacial score (nSPS) is 17.1. The number of nitro groups is 1. The van der Waals surface area contributed by atoms with Crippen LogP contribution in [0.4, 0.5) is 5.69 Å². The number of fused-ring (bicyclic) bond motifs is 1. The SMILES string of the molecule is O=[N+]([O-])c1cccc(-c2cccc(CN3CCc4nc(C5CCCCC5)ncc4C3)n2)c1. The average molecular weight is 430 g/mol. The van der Waals surface area contributed by atoms with Crippen LogP contribution in [-0.4, -0.2) is 31.3 Å². The third-order valence-corrected chi connectivity index (χ3v) is 6.55. The molecule has 1 aromatic carbocycles. The lowest BCUT2D eigenvalue weighted by Gasteiger charge is -2.29. The fourth-order valence-electron chi connectivity index (χ4n) is 4.82. The number of nitro benzene ring substituents is 1. The summed E-state index contributed by atoms with van der Waals surface area (Å²) < 4.78 is 0. The first-order valence-electron chi connectivity index (χ1n) is 11.4. The molecule has 1 saturated carbocycles. The quantitative estimate of drug-likeness (QED) is 0.417. The van der Waals surface area contributed by atoms with Gasteiger partial charge in [0.2, 0.25) is 0 Å². The molecule has 2 aliphatic rings. The Kier molecular flexibility index (Phi) is 5.90. The van der Waals surface area contributed by atoms with Gasteiger partial charge in [0.1, 0.15) is 5.82 Å². The summed E-state index contributed by atoms with van der Waals surface area (Å²) in [5.41, 5.74) is 4.96. The second-order valence-electron chi connectivity index (χ2n) is 8.82. The molecule has 5 rings (SSSR count). The number of nitrogens with zero attached hydrogens (tertiary/aromatic N) is 5. The molecular weight excluding hydrogens is 402 g/mol. The maximum absolute atomic E-state index is 11.1. The smallest absolute Gasteiger partial charge is 0.270 e. The molecule has 1 aliphatic carbocycles. The van der Waals surface area contributed by atoms with Crippen molar-refractivity contribution in [3.8, 4) is 11.3 Å². The maximum Gasteiger partial charge on any atom is 0.270 e. The molecule has 0 radical (unpaired) electrons. The van der Waals surface area contributed by atoms with Gasteiger partial charge in [-0.25, -0.2) is 9.97 Å². The lowest BCUT2D eigenvalue weighted by molar-refractivity contribution is -0.384. The highest BCUT2D eigenvalue weighted by molar-refractivity contribution is 5.62. The fraction of sp³-hybridized carbons (Fsp3) is 0.400. The lowest BCUT2D eigenvalue weighted by atomic mass is 9.88. The summed E-state index contributed by atoms with van der Waals surface area (Å²) in [6.45, 7) is 2.49. The van der Waals surface area contributed by atoms with Crippen LogP contribution >= 0.6 is 0 Å². The van der Waals surface area contributed by atoms with Gasteiger partial charge in [0.25, 0.3) is 5.69 Å². The maximum atomic E-state index is 11.1. The highest BCUT2D eigenvalue weighted by Gasteiger charge is 2.23. The van der Waals surface area contributed by atoms with E-state index in [1.807, 2.05) is 30.5 Å². The topological polar surface area (TPSA) is 85.0 Å². The van der Waals surface area contributed by atoms with Gasteiger partial charge < -0.3 is 0 Å². The molecule has 32 heavy (non-hydrogen) atoms. The van der Waals surface area contributed by atoms with E-state index in [4.69, 9.17) is 15.0 Å². The highest BCUT2D eigenvalue weighted by Crippen LogP contribution is 2.31. The first kappa shape index (κ1) is 20.7. The van der Waals surface area contributed by atoms with Crippen molar-refractivity contribution in [1.82, 2.24) is 19.9 Å². The summed E-state index contributed by atoms with van der Waals surface area (Å²) in [5.74, 6) is 1.58.